The number of hydrogen-bond acceptors (Lipinski definition) is 6. The summed E-state index contributed by atoms with van der Waals surface area (Å²) in [6.07, 6.45) is 1.70. The summed E-state index contributed by atoms with van der Waals surface area (Å²) in [5, 5.41) is 14.3. The molecule has 2 N–H and O–H groups in total. The molecule has 0 unspecified atom stereocenters. The predicted octanol–water partition coefficient (Wildman–Crippen LogP) is 3.47. The van der Waals surface area contributed by atoms with Gasteiger partial charge in [-0.2, -0.15) is 10.1 Å². The number of nitrogens with one attached hydrogen (secondary N) is 2. The first-order chi connectivity index (χ1) is 10.5. The molecule has 2 aromatic rings. The van der Waals surface area contributed by atoms with Crippen molar-refractivity contribution in [2.75, 3.05) is 17.2 Å². The number of para-hydroxylation sites is 2. The van der Waals surface area contributed by atoms with Crippen LogP contribution in [0, 0.1) is 5.92 Å². The topological polar surface area (TPSA) is 72.0 Å². The molecule has 2 rings (SSSR count). The maximum atomic E-state index is 5.78. The van der Waals surface area contributed by atoms with Gasteiger partial charge < -0.3 is 15.4 Å². The van der Waals surface area contributed by atoms with Crippen LogP contribution in [0.2, 0.25) is 0 Å². The van der Waals surface area contributed by atoms with Gasteiger partial charge in [0.2, 0.25) is 5.95 Å². The Hall–Kier alpha value is -2.37. The molecule has 1 aromatic heterocycles. The predicted molar refractivity (Wildman–Crippen MR) is 88.6 cm³/mol. The van der Waals surface area contributed by atoms with Crippen LogP contribution in [0.3, 0.4) is 0 Å². The zero-order valence-electron chi connectivity index (χ0n) is 13.5. The molecule has 0 aliphatic heterocycles. The van der Waals surface area contributed by atoms with Crippen LogP contribution >= 0.6 is 0 Å². The van der Waals surface area contributed by atoms with E-state index in [2.05, 4.69) is 39.7 Å². The number of hydrogen-bond donors (Lipinski definition) is 2. The van der Waals surface area contributed by atoms with E-state index in [1.165, 1.54) is 0 Å². The standard InChI is InChI=1S/C16H23N5O/c1-11(2)9-17-16-20-15(10-18-21-16)19-13-7-5-6-8-14(13)22-12(3)4/h5-8,10-12H,9H2,1-4H3,(H2,17,19,20,21). The summed E-state index contributed by atoms with van der Waals surface area (Å²) in [7, 11) is 0. The molecule has 0 atom stereocenters. The maximum absolute atomic E-state index is 5.78. The summed E-state index contributed by atoms with van der Waals surface area (Å²) >= 11 is 0. The van der Waals surface area contributed by atoms with Crippen LogP contribution in [-0.4, -0.2) is 27.8 Å². The van der Waals surface area contributed by atoms with Crippen molar-refractivity contribution in [3.8, 4) is 5.75 Å². The third-order valence-electron chi connectivity index (χ3n) is 2.74. The Labute approximate surface area is 131 Å². The Morgan fingerprint density at radius 1 is 1.14 bits per heavy atom. The average Bonchev–Trinajstić information content (AvgIpc) is 2.47. The van der Waals surface area contributed by atoms with Gasteiger partial charge >= 0.3 is 0 Å². The van der Waals surface area contributed by atoms with E-state index in [-0.39, 0.29) is 6.10 Å². The SMILES string of the molecule is CC(C)CNc1nncc(Nc2ccccc2OC(C)C)n1. The third-order valence-corrected chi connectivity index (χ3v) is 2.74. The van der Waals surface area contributed by atoms with Gasteiger partial charge in [-0.05, 0) is 31.9 Å². The van der Waals surface area contributed by atoms with Crippen LogP contribution < -0.4 is 15.4 Å². The molecule has 0 aliphatic carbocycles. The average molecular weight is 301 g/mol. The number of ether oxygens (including phenoxy) is 1. The minimum Gasteiger partial charge on any atom is -0.489 e. The Morgan fingerprint density at radius 3 is 2.64 bits per heavy atom. The fourth-order valence-corrected chi connectivity index (χ4v) is 1.80. The summed E-state index contributed by atoms with van der Waals surface area (Å²) in [5.74, 6) is 2.44. The minimum absolute atomic E-state index is 0.106. The third kappa shape index (κ3) is 4.87. The number of anilines is 3. The quantitative estimate of drug-likeness (QED) is 0.816. The lowest BCUT2D eigenvalue weighted by Crippen LogP contribution is -2.12. The van der Waals surface area contributed by atoms with Gasteiger partial charge in [-0.25, -0.2) is 0 Å². The smallest absolute Gasteiger partial charge is 0.244 e. The molecule has 0 saturated carbocycles. The van der Waals surface area contributed by atoms with Crippen molar-refractivity contribution in [3.63, 3.8) is 0 Å². The minimum atomic E-state index is 0.106. The Kier molecular flexibility index (Phi) is 5.52. The first-order valence-electron chi connectivity index (χ1n) is 7.51. The lowest BCUT2D eigenvalue weighted by Gasteiger charge is -2.15. The highest BCUT2D eigenvalue weighted by molar-refractivity contribution is 5.64. The van der Waals surface area contributed by atoms with E-state index in [0.717, 1.165) is 18.0 Å². The molecule has 118 valence electrons. The first kappa shape index (κ1) is 16.0. The molecule has 0 amide bonds. The highest BCUT2D eigenvalue weighted by Crippen LogP contribution is 2.27. The Morgan fingerprint density at radius 2 is 1.91 bits per heavy atom. The van der Waals surface area contributed by atoms with Crippen molar-refractivity contribution in [1.29, 1.82) is 0 Å². The fourth-order valence-electron chi connectivity index (χ4n) is 1.80. The molecule has 0 aliphatic rings. The summed E-state index contributed by atoms with van der Waals surface area (Å²) in [5.41, 5.74) is 0.853. The van der Waals surface area contributed by atoms with Gasteiger partial charge in [0.25, 0.3) is 0 Å². The number of aromatic nitrogens is 3. The summed E-state index contributed by atoms with van der Waals surface area (Å²) in [4.78, 5) is 4.41. The van der Waals surface area contributed by atoms with Crippen LogP contribution in [0.4, 0.5) is 17.5 Å². The normalized spacial score (nSPS) is 10.8. The number of rotatable bonds is 7. The molecule has 0 saturated heterocycles. The molecule has 1 aromatic carbocycles. The maximum Gasteiger partial charge on any atom is 0.244 e. The highest BCUT2D eigenvalue weighted by Gasteiger charge is 2.07. The molecule has 6 heteroatoms. The zero-order chi connectivity index (χ0) is 15.9. The van der Waals surface area contributed by atoms with Crippen molar-refractivity contribution in [2.24, 2.45) is 5.92 Å². The van der Waals surface area contributed by atoms with Gasteiger partial charge in [0.05, 0.1) is 18.0 Å². The van der Waals surface area contributed by atoms with Gasteiger partial charge in [-0.1, -0.05) is 26.0 Å². The number of nitrogens with zero attached hydrogens (tertiary/aromatic N) is 3. The van der Waals surface area contributed by atoms with E-state index in [9.17, 15) is 0 Å². The molecular weight excluding hydrogens is 278 g/mol. The molecule has 0 fully saturated rings. The lowest BCUT2D eigenvalue weighted by molar-refractivity contribution is 0.244. The van der Waals surface area contributed by atoms with Crippen molar-refractivity contribution in [1.82, 2.24) is 15.2 Å². The molecule has 6 nitrogen and oxygen atoms in total. The number of benzene rings is 1. The van der Waals surface area contributed by atoms with Crippen LogP contribution in [0.15, 0.2) is 30.5 Å². The van der Waals surface area contributed by atoms with Crippen molar-refractivity contribution in [2.45, 2.75) is 33.8 Å². The summed E-state index contributed by atoms with van der Waals surface area (Å²) < 4.78 is 5.78. The molecule has 0 spiro atoms. The Bertz CT molecular complexity index is 601. The van der Waals surface area contributed by atoms with E-state index in [1.54, 1.807) is 6.20 Å². The van der Waals surface area contributed by atoms with Crippen LogP contribution in [-0.2, 0) is 0 Å². The van der Waals surface area contributed by atoms with Crippen LogP contribution in [0.1, 0.15) is 27.7 Å². The fraction of sp³-hybridized carbons (Fsp3) is 0.438. The molecular formula is C16H23N5O. The van der Waals surface area contributed by atoms with Crippen LogP contribution in [0.25, 0.3) is 0 Å². The second-order valence-electron chi connectivity index (χ2n) is 5.73. The molecule has 0 radical (unpaired) electrons. The monoisotopic (exact) mass is 301 g/mol. The van der Waals surface area contributed by atoms with Crippen molar-refractivity contribution in [3.05, 3.63) is 30.5 Å². The lowest BCUT2D eigenvalue weighted by atomic mass is 10.2. The summed E-state index contributed by atoms with van der Waals surface area (Å²) in [6, 6.07) is 7.76. The van der Waals surface area contributed by atoms with E-state index in [0.29, 0.717) is 17.7 Å². The van der Waals surface area contributed by atoms with Gasteiger partial charge in [-0.3, -0.25) is 0 Å². The van der Waals surface area contributed by atoms with Crippen molar-refractivity contribution >= 4 is 17.5 Å². The molecule has 1 heterocycles. The second-order valence-corrected chi connectivity index (χ2v) is 5.73. The van der Waals surface area contributed by atoms with Gasteiger partial charge in [0, 0.05) is 6.54 Å². The zero-order valence-corrected chi connectivity index (χ0v) is 13.5. The highest BCUT2D eigenvalue weighted by atomic mass is 16.5. The summed E-state index contributed by atoms with van der Waals surface area (Å²) in [6.45, 7) is 9.05. The van der Waals surface area contributed by atoms with Crippen LogP contribution in [0.5, 0.6) is 5.75 Å². The Balaban J connectivity index is 2.12. The van der Waals surface area contributed by atoms with E-state index >= 15 is 0 Å². The molecule has 22 heavy (non-hydrogen) atoms. The molecule has 0 bridgehead atoms. The van der Waals surface area contributed by atoms with E-state index in [4.69, 9.17) is 4.74 Å². The van der Waals surface area contributed by atoms with Crippen molar-refractivity contribution < 1.29 is 4.74 Å². The largest absolute Gasteiger partial charge is 0.489 e. The second kappa shape index (κ2) is 7.59. The van der Waals surface area contributed by atoms with Gasteiger partial charge in [-0.15, -0.1) is 5.10 Å². The van der Waals surface area contributed by atoms with Gasteiger partial charge in [0.15, 0.2) is 5.82 Å². The van der Waals surface area contributed by atoms with Gasteiger partial charge in [0.1, 0.15) is 5.75 Å². The van der Waals surface area contributed by atoms with E-state index in [1.807, 2.05) is 38.1 Å². The first-order valence-corrected chi connectivity index (χ1v) is 7.51. The van der Waals surface area contributed by atoms with E-state index < -0.39 is 0 Å².